The van der Waals surface area contributed by atoms with Crippen molar-refractivity contribution >= 4 is 18.2 Å². The minimum atomic E-state index is -0.383. The molecule has 0 amide bonds. The van der Waals surface area contributed by atoms with Crippen LogP contribution in [-0.4, -0.2) is 15.0 Å². The van der Waals surface area contributed by atoms with Gasteiger partial charge >= 0.3 is 0 Å². The molecule has 0 saturated heterocycles. The van der Waals surface area contributed by atoms with Crippen molar-refractivity contribution in [3.8, 4) is 0 Å². The average Bonchev–Trinajstić information content (AvgIpc) is 2.61. The molecule has 0 aliphatic rings. The molecule has 0 atom stereocenters. The van der Waals surface area contributed by atoms with Crippen molar-refractivity contribution in [2.75, 3.05) is 0 Å². The monoisotopic (exact) mass is 317 g/mol. The van der Waals surface area contributed by atoms with E-state index in [9.17, 15) is 9.59 Å². The number of aromatic nitrogens is 3. The maximum absolute atomic E-state index is 12.2. The van der Waals surface area contributed by atoms with Crippen LogP contribution in [0.4, 0.5) is 0 Å². The van der Waals surface area contributed by atoms with E-state index in [-0.39, 0.29) is 21.8 Å². The molecule has 0 aliphatic heterocycles. The summed E-state index contributed by atoms with van der Waals surface area (Å²) in [4.78, 5) is 33.8. The largest absolute Gasteiger partial charge is 0.316 e. The Morgan fingerprint density at radius 1 is 0.833 bits per heavy atom. The van der Waals surface area contributed by atoms with Gasteiger partial charge in [-0.3, -0.25) is 14.6 Å². The Hall–Kier alpha value is -3.47. The number of rotatable bonds is 3. The molecule has 0 radical (unpaired) electrons. The quantitative estimate of drug-likeness (QED) is 0.748. The lowest BCUT2D eigenvalue weighted by atomic mass is 10.2. The fourth-order valence-corrected chi connectivity index (χ4v) is 2.18. The highest BCUT2D eigenvalue weighted by Gasteiger charge is 1.97. The highest BCUT2D eigenvalue weighted by molar-refractivity contribution is 5.50. The Bertz CT molecular complexity index is 1090. The van der Waals surface area contributed by atoms with Crippen LogP contribution in [-0.2, 0) is 0 Å². The van der Waals surface area contributed by atoms with Gasteiger partial charge < -0.3 is 9.97 Å². The lowest BCUT2D eigenvalue weighted by molar-refractivity contribution is 1.00. The topological polar surface area (TPSA) is 78.6 Å². The molecule has 5 nitrogen and oxygen atoms in total. The number of aromatic amines is 2. The molecule has 0 fully saturated rings. The minimum Gasteiger partial charge on any atom is -0.316 e. The Kier molecular flexibility index (Phi) is 4.34. The number of benzene rings is 1. The van der Waals surface area contributed by atoms with Gasteiger partial charge in [0.1, 0.15) is 10.7 Å². The fraction of sp³-hybridized carbons (Fsp3) is 0. The van der Waals surface area contributed by atoms with Crippen molar-refractivity contribution < 1.29 is 0 Å². The standard InChI is InChI=1S/C19H15N3O2/c1-2-13-8-9-15(20-12-13)11-17-19(24)21-16(18(23)22-17)10-14-6-4-3-5-7-14/h2-12H,1H2,(H,21,24)(H,22,23)/b16-10+,17-11+. The van der Waals surface area contributed by atoms with Crippen LogP contribution >= 0.6 is 0 Å². The van der Waals surface area contributed by atoms with Crippen molar-refractivity contribution in [1.29, 1.82) is 0 Å². The molecule has 2 aromatic heterocycles. The summed E-state index contributed by atoms with van der Waals surface area (Å²) in [6, 6.07) is 12.9. The lowest BCUT2D eigenvalue weighted by Crippen LogP contribution is -2.46. The van der Waals surface area contributed by atoms with Crippen LogP contribution in [0.5, 0.6) is 0 Å². The first-order chi connectivity index (χ1) is 11.7. The second-order valence-electron chi connectivity index (χ2n) is 5.16. The van der Waals surface area contributed by atoms with Crippen LogP contribution in [0.2, 0.25) is 0 Å². The van der Waals surface area contributed by atoms with Gasteiger partial charge in [0, 0.05) is 6.20 Å². The summed E-state index contributed by atoms with van der Waals surface area (Å²) >= 11 is 0. The van der Waals surface area contributed by atoms with Gasteiger partial charge in [0.15, 0.2) is 0 Å². The number of H-pyrrole nitrogens is 2. The van der Waals surface area contributed by atoms with Crippen molar-refractivity contribution in [3.05, 3.63) is 103 Å². The highest BCUT2D eigenvalue weighted by atomic mass is 16.1. The molecular formula is C19H15N3O2. The molecule has 0 unspecified atom stereocenters. The van der Waals surface area contributed by atoms with Crippen molar-refractivity contribution in [2.24, 2.45) is 0 Å². The Morgan fingerprint density at radius 3 is 2.08 bits per heavy atom. The normalized spacial score (nSPS) is 12.3. The number of nitrogens with one attached hydrogen (secondary N) is 2. The first-order valence-corrected chi connectivity index (χ1v) is 7.35. The van der Waals surface area contributed by atoms with Crippen LogP contribution in [0, 0.1) is 0 Å². The number of hydrogen-bond acceptors (Lipinski definition) is 3. The molecule has 3 aromatic rings. The molecule has 0 aliphatic carbocycles. The van der Waals surface area contributed by atoms with E-state index in [2.05, 4.69) is 21.5 Å². The van der Waals surface area contributed by atoms with Gasteiger partial charge in [-0.2, -0.15) is 0 Å². The molecule has 2 N–H and O–H groups in total. The average molecular weight is 317 g/mol. The Labute approximate surface area is 137 Å². The number of nitrogens with zero attached hydrogens (tertiary/aromatic N) is 1. The van der Waals surface area contributed by atoms with Gasteiger partial charge in [0.2, 0.25) is 0 Å². The first kappa shape index (κ1) is 15.4. The van der Waals surface area contributed by atoms with Gasteiger partial charge in [0.25, 0.3) is 11.1 Å². The van der Waals surface area contributed by atoms with E-state index in [1.165, 1.54) is 6.08 Å². The van der Waals surface area contributed by atoms with E-state index in [1.807, 2.05) is 36.4 Å². The molecule has 3 rings (SSSR count). The summed E-state index contributed by atoms with van der Waals surface area (Å²) in [5, 5.41) is 0.363. The van der Waals surface area contributed by atoms with E-state index in [0.717, 1.165) is 11.1 Å². The predicted octanol–water partition coefficient (Wildman–Crippen LogP) is 0.759. The smallest absolute Gasteiger partial charge is 0.272 e. The Morgan fingerprint density at radius 2 is 1.50 bits per heavy atom. The summed E-state index contributed by atoms with van der Waals surface area (Å²) in [6.07, 6.45) is 6.48. The third kappa shape index (κ3) is 3.47. The third-order valence-corrected chi connectivity index (χ3v) is 3.43. The molecular weight excluding hydrogens is 302 g/mol. The summed E-state index contributed by atoms with van der Waals surface area (Å²) in [7, 11) is 0. The summed E-state index contributed by atoms with van der Waals surface area (Å²) < 4.78 is 0. The Balaban J connectivity index is 2.09. The summed E-state index contributed by atoms with van der Waals surface area (Å²) in [5.41, 5.74) is 1.53. The van der Waals surface area contributed by atoms with Crippen LogP contribution in [0.25, 0.3) is 18.2 Å². The summed E-state index contributed by atoms with van der Waals surface area (Å²) in [6.45, 7) is 3.66. The second kappa shape index (κ2) is 6.75. The van der Waals surface area contributed by atoms with Crippen LogP contribution in [0.3, 0.4) is 0 Å². The van der Waals surface area contributed by atoms with Crippen LogP contribution in [0.1, 0.15) is 16.8 Å². The van der Waals surface area contributed by atoms with Gasteiger partial charge in [-0.05, 0) is 29.3 Å². The van der Waals surface area contributed by atoms with E-state index >= 15 is 0 Å². The van der Waals surface area contributed by atoms with E-state index < -0.39 is 0 Å². The molecule has 0 bridgehead atoms. The molecule has 0 saturated carbocycles. The molecule has 5 heteroatoms. The second-order valence-corrected chi connectivity index (χ2v) is 5.16. The van der Waals surface area contributed by atoms with Crippen molar-refractivity contribution in [2.45, 2.75) is 0 Å². The van der Waals surface area contributed by atoms with E-state index in [1.54, 1.807) is 24.4 Å². The maximum atomic E-state index is 12.2. The minimum absolute atomic E-state index is 0.157. The van der Waals surface area contributed by atoms with Crippen molar-refractivity contribution in [3.63, 3.8) is 0 Å². The molecule has 1 aromatic carbocycles. The molecule has 118 valence electrons. The van der Waals surface area contributed by atoms with Gasteiger partial charge in [-0.25, -0.2) is 0 Å². The lowest BCUT2D eigenvalue weighted by Gasteiger charge is -1.95. The fourth-order valence-electron chi connectivity index (χ4n) is 2.18. The van der Waals surface area contributed by atoms with E-state index in [4.69, 9.17) is 0 Å². The zero-order valence-corrected chi connectivity index (χ0v) is 12.8. The number of pyridine rings is 1. The molecule has 0 spiro atoms. The maximum Gasteiger partial charge on any atom is 0.272 e. The summed E-state index contributed by atoms with van der Waals surface area (Å²) in [5.74, 6) is 0. The SMILES string of the molecule is C=Cc1ccc(/C=c2/[nH]c(=O)/c(=C\c3ccccc3)[nH]c2=O)nc1. The zero-order chi connectivity index (χ0) is 16.9. The third-order valence-electron chi connectivity index (χ3n) is 3.43. The number of hydrogen-bond donors (Lipinski definition) is 2. The molecule has 24 heavy (non-hydrogen) atoms. The highest BCUT2D eigenvalue weighted by Crippen LogP contribution is 2.01. The van der Waals surface area contributed by atoms with Gasteiger partial charge in [-0.15, -0.1) is 0 Å². The first-order valence-electron chi connectivity index (χ1n) is 7.35. The van der Waals surface area contributed by atoms with E-state index in [0.29, 0.717) is 5.69 Å². The van der Waals surface area contributed by atoms with Crippen molar-refractivity contribution in [1.82, 2.24) is 15.0 Å². The van der Waals surface area contributed by atoms with Crippen LogP contribution < -0.4 is 21.8 Å². The van der Waals surface area contributed by atoms with Gasteiger partial charge in [-0.1, -0.05) is 49.1 Å². The van der Waals surface area contributed by atoms with Crippen LogP contribution in [0.15, 0.2) is 64.8 Å². The van der Waals surface area contributed by atoms with Gasteiger partial charge in [0.05, 0.1) is 5.69 Å². The predicted molar refractivity (Wildman–Crippen MR) is 94.8 cm³/mol. The molecule has 2 heterocycles. The zero-order valence-electron chi connectivity index (χ0n) is 12.8.